The Kier molecular flexibility index (Phi) is 3.94. The fourth-order valence-corrected chi connectivity index (χ4v) is 1.77. The molecule has 96 valence electrons. The summed E-state index contributed by atoms with van der Waals surface area (Å²) in [6.45, 7) is 3.38. The number of nitrogens with two attached hydrogens (primary N) is 1. The van der Waals surface area contributed by atoms with Gasteiger partial charge in [0.25, 0.3) is 0 Å². The van der Waals surface area contributed by atoms with E-state index >= 15 is 0 Å². The summed E-state index contributed by atoms with van der Waals surface area (Å²) >= 11 is 0. The highest BCUT2D eigenvalue weighted by atomic mass is 15.2. The minimum absolute atomic E-state index is 0.365. The molecule has 0 bridgehead atoms. The van der Waals surface area contributed by atoms with Gasteiger partial charge in [0, 0.05) is 25.0 Å². The number of benzene rings is 1. The fourth-order valence-electron chi connectivity index (χ4n) is 1.77. The van der Waals surface area contributed by atoms with Gasteiger partial charge in [-0.15, -0.1) is 0 Å². The number of hydrogen-bond acceptors (Lipinski definition) is 5. The molecule has 1 aromatic carbocycles. The number of rotatable bonds is 4. The zero-order valence-corrected chi connectivity index (χ0v) is 10.7. The zero-order valence-electron chi connectivity index (χ0n) is 10.7. The molecule has 0 aliphatic heterocycles. The molecule has 0 atom stereocenters. The van der Waals surface area contributed by atoms with E-state index in [4.69, 9.17) is 11.0 Å². The van der Waals surface area contributed by atoms with Crippen molar-refractivity contribution in [2.75, 3.05) is 17.2 Å². The highest BCUT2D eigenvalue weighted by Gasteiger charge is 2.10. The van der Waals surface area contributed by atoms with E-state index in [0.29, 0.717) is 18.2 Å². The predicted octanol–water partition coefficient (Wildman–Crippen LogP) is 1.96. The maximum atomic E-state index is 8.87. The van der Waals surface area contributed by atoms with Crippen LogP contribution in [0.25, 0.3) is 0 Å². The molecule has 5 heteroatoms. The van der Waals surface area contributed by atoms with Crippen LogP contribution in [0.1, 0.15) is 18.2 Å². The van der Waals surface area contributed by atoms with E-state index in [0.717, 1.165) is 17.8 Å². The SMILES string of the molecule is CCN(Cc1ccccc1N)c1nccc(C#N)n1. The first-order valence-corrected chi connectivity index (χ1v) is 6.06. The topological polar surface area (TPSA) is 78.8 Å². The molecule has 0 aliphatic rings. The van der Waals surface area contributed by atoms with Crippen LogP contribution in [0.4, 0.5) is 11.6 Å². The third kappa shape index (κ3) is 2.99. The van der Waals surface area contributed by atoms with Gasteiger partial charge in [0.1, 0.15) is 11.8 Å². The van der Waals surface area contributed by atoms with Gasteiger partial charge in [-0.2, -0.15) is 5.26 Å². The Morgan fingerprint density at radius 2 is 2.11 bits per heavy atom. The summed E-state index contributed by atoms with van der Waals surface area (Å²) in [6, 6.07) is 11.3. The molecule has 0 fully saturated rings. The van der Waals surface area contributed by atoms with Crippen LogP contribution in [0.15, 0.2) is 36.5 Å². The molecule has 1 aromatic heterocycles. The largest absolute Gasteiger partial charge is 0.398 e. The first kappa shape index (κ1) is 12.8. The van der Waals surface area contributed by atoms with Gasteiger partial charge in [0.2, 0.25) is 5.95 Å². The Labute approximate surface area is 112 Å². The summed E-state index contributed by atoms with van der Waals surface area (Å²) in [7, 11) is 0. The molecule has 0 saturated carbocycles. The van der Waals surface area contributed by atoms with Crippen molar-refractivity contribution in [1.29, 1.82) is 5.26 Å². The van der Waals surface area contributed by atoms with Gasteiger partial charge in [-0.1, -0.05) is 18.2 Å². The summed E-state index contributed by atoms with van der Waals surface area (Å²) in [4.78, 5) is 10.4. The second-order valence-electron chi connectivity index (χ2n) is 4.07. The molecule has 1 heterocycles. The molecule has 0 spiro atoms. The Hall–Kier alpha value is -2.61. The van der Waals surface area contributed by atoms with Crippen LogP contribution >= 0.6 is 0 Å². The third-order valence-corrected chi connectivity index (χ3v) is 2.84. The smallest absolute Gasteiger partial charge is 0.226 e. The van der Waals surface area contributed by atoms with E-state index in [-0.39, 0.29) is 0 Å². The highest BCUT2D eigenvalue weighted by Crippen LogP contribution is 2.16. The molecule has 0 amide bonds. The van der Waals surface area contributed by atoms with Crippen molar-refractivity contribution in [3.63, 3.8) is 0 Å². The number of nitrogen functional groups attached to an aromatic ring is 1. The number of anilines is 2. The van der Waals surface area contributed by atoms with E-state index in [1.807, 2.05) is 42.2 Å². The van der Waals surface area contributed by atoms with Gasteiger partial charge < -0.3 is 10.6 Å². The Morgan fingerprint density at radius 3 is 2.79 bits per heavy atom. The van der Waals surface area contributed by atoms with Gasteiger partial charge in [-0.3, -0.25) is 0 Å². The molecule has 0 radical (unpaired) electrons. The van der Waals surface area contributed by atoms with Gasteiger partial charge >= 0.3 is 0 Å². The van der Waals surface area contributed by atoms with Crippen LogP contribution in [0.3, 0.4) is 0 Å². The van der Waals surface area contributed by atoms with Crippen molar-refractivity contribution in [1.82, 2.24) is 9.97 Å². The fraction of sp³-hybridized carbons (Fsp3) is 0.214. The van der Waals surface area contributed by atoms with E-state index in [1.54, 1.807) is 12.3 Å². The molecule has 2 aromatic rings. The van der Waals surface area contributed by atoms with Crippen molar-refractivity contribution in [3.05, 3.63) is 47.8 Å². The summed E-state index contributed by atoms with van der Waals surface area (Å²) in [5, 5.41) is 8.87. The van der Waals surface area contributed by atoms with E-state index in [1.165, 1.54) is 0 Å². The Balaban J connectivity index is 2.25. The van der Waals surface area contributed by atoms with E-state index < -0.39 is 0 Å². The van der Waals surface area contributed by atoms with Gasteiger partial charge in [0.05, 0.1) is 0 Å². The molecule has 5 nitrogen and oxygen atoms in total. The standard InChI is InChI=1S/C14H15N5/c1-2-19(10-11-5-3-4-6-13(11)16)14-17-8-7-12(9-15)18-14/h3-8H,2,10,16H2,1H3. The summed E-state index contributed by atoms with van der Waals surface area (Å²) < 4.78 is 0. The van der Waals surface area contributed by atoms with Gasteiger partial charge in [-0.25, -0.2) is 9.97 Å². The first-order valence-electron chi connectivity index (χ1n) is 6.06. The van der Waals surface area contributed by atoms with Crippen molar-refractivity contribution < 1.29 is 0 Å². The molecule has 2 rings (SSSR count). The van der Waals surface area contributed by atoms with Crippen molar-refractivity contribution in [2.45, 2.75) is 13.5 Å². The number of hydrogen-bond donors (Lipinski definition) is 1. The minimum Gasteiger partial charge on any atom is -0.398 e. The lowest BCUT2D eigenvalue weighted by atomic mass is 10.1. The van der Waals surface area contributed by atoms with Crippen molar-refractivity contribution in [3.8, 4) is 6.07 Å². The molecule has 2 N–H and O–H groups in total. The van der Waals surface area contributed by atoms with Gasteiger partial charge in [-0.05, 0) is 24.6 Å². The quantitative estimate of drug-likeness (QED) is 0.842. The lowest BCUT2D eigenvalue weighted by Gasteiger charge is -2.21. The Morgan fingerprint density at radius 1 is 1.32 bits per heavy atom. The average molecular weight is 253 g/mol. The third-order valence-electron chi connectivity index (χ3n) is 2.84. The molecular weight excluding hydrogens is 238 g/mol. The van der Waals surface area contributed by atoms with Crippen LogP contribution in [0.5, 0.6) is 0 Å². The van der Waals surface area contributed by atoms with Gasteiger partial charge in [0.15, 0.2) is 0 Å². The predicted molar refractivity (Wildman–Crippen MR) is 74.3 cm³/mol. The second-order valence-corrected chi connectivity index (χ2v) is 4.07. The number of nitriles is 1. The highest BCUT2D eigenvalue weighted by molar-refractivity contribution is 5.48. The van der Waals surface area contributed by atoms with Crippen LogP contribution < -0.4 is 10.6 Å². The van der Waals surface area contributed by atoms with Crippen molar-refractivity contribution in [2.24, 2.45) is 0 Å². The summed E-state index contributed by atoms with van der Waals surface area (Å²) in [6.07, 6.45) is 1.60. The molecule has 0 unspecified atom stereocenters. The lowest BCUT2D eigenvalue weighted by Crippen LogP contribution is -2.24. The normalized spacial score (nSPS) is 9.89. The summed E-state index contributed by atoms with van der Waals surface area (Å²) in [5.74, 6) is 0.546. The molecule has 0 saturated heterocycles. The average Bonchev–Trinajstić information content (AvgIpc) is 2.46. The minimum atomic E-state index is 0.365. The monoisotopic (exact) mass is 253 g/mol. The number of aromatic nitrogens is 2. The maximum Gasteiger partial charge on any atom is 0.226 e. The molecular formula is C14H15N5. The number of nitrogens with zero attached hydrogens (tertiary/aromatic N) is 4. The molecule has 19 heavy (non-hydrogen) atoms. The number of para-hydroxylation sites is 1. The van der Waals surface area contributed by atoms with Crippen LogP contribution in [0.2, 0.25) is 0 Å². The lowest BCUT2D eigenvalue weighted by molar-refractivity contribution is 0.791. The Bertz CT molecular complexity index is 603. The van der Waals surface area contributed by atoms with Crippen LogP contribution in [-0.2, 0) is 6.54 Å². The van der Waals surface area contributed by atoms with Crippen molar-refractivity contribution >= 4 is 11.6 Å². The van der Waals surface area contributed by atoms with Crippen LogP contribution in [-0.4, -0.2) is 16.5 Å². The zero-order chi connectivity index (χ0) is 13.7. The summed E-state index contributed by atoms with van der Waals surface area (Å²) in [5.41, 5.74) is 8.07. The van der Waals surface area contributed by atoms with Crippen LogP contribution in [0, 0.1) is 11.3 Å². The second kappa shape index (κ2) is 5.83. The van der Waals surface area contributed by atoms with E-state index in [2.05, 4.69) is 9.97 Å². The maximum absolute atomic E-state index is 8.87. The van der Waals surface area contributed by atoms with E-state index in [9.17, 15) is 0 Å². The molecule has 0 aliphatic carbocycles. The first-order chi connectivity index (χ1) is 9.24.